The molecule has 0 heterocycles. The molecule has 0 bridgehead atoms. The lowest BCUT2D eigenvalue weighted by Gasteiger charge is -2.21. The van der Waals surface area contributed by atoms with Crippen LogP contribution in [-0.4, -0.2) is 43.7 Å². The van der Waals surface area contributed by atoms with Gasteiger partial charge in [-0.1, -0.05) is 0 Å². The second-order valence-corrected chi connectivity index (χ2v) is 5.29. The Balaban J connectivity index is 1.79. The maximum atomic E-state index is 13.0. The Hall–Kier alpha value is -1.66. The molecule has 0 spiro atoms. The summed E-state index contributed by atoms with van der Waals surface area (Å²) in [6.45, 7) is 2.22. The van der Waals surface area contributed by atoms with Crippen molar-refractivity contribution >= 4 is 17.3 Å². The fourth-order valence-corrected chi connectivity index (χ4v) is 2.22. The molecule has 0 saturated heterocycles. The quantitative estimate of drug-likeness (QED) is 0.718. The van der Waals surface area contributed by atoms with Crippen molar-refractivity contribution in [2.45, 2.75) is 25.3 Å². The number of halogens is 1. The van der Waals surface area contributed by atoms with Crippen molar-refractivity contribution in [1.29, 1.82) is 0 Å². The molecule has 1 fully saturated rings. The summed E-state index contributed by atoms with van der Waals surface area (Å²) in [5.74, 6) is -0.573. The SMILES string of the molecule is COCCN(CCC(=O)Nc1ccc(F)c(N)c1)C1CC1. The maximum absolute atomic E-state index is 13.0. The van der Waals surface area contributed by atoms with Crippen molar-refractivity contribution in [2.75, 3.05) is 37.9 Å². The number of hydrogen-bond donors (Lipinski definition) is 2. The van der Waals surface area contributed by atoms with Crippen molar-refractivity contribution < 1.29 is 13.9 Å². The Bertz CT molecular complexity index is 492. The minimum absolute atomic E-state index is 0.0347. The van der Waals surface area contributed by atoms with Crippen molar-refractivity contribution in [1.82, 2.24) is 4.90 Å². The number of ether oxygens (including phenoxy) is 1. The molecule has 5 nitrogen and oxygen atoms in total. The zero-order valence-electron chi connectivity index (χ0n) is 12.3. The van der Waals surface area contributed by atoms with Crippen LogP contribution < -0.4 is 11.1 Å². The van der Waals surface area contributed by atoms with E-state index < -0.39 is 5.82 Å². The van der Waals surface area contributed by atoms with Crippen LogP contribution in [0.25, 0.3) is 0 Å². The molecule has 0 aromatic heterocycles. The normalized spacial score (nSPS) is 14.4. The number of methoxy groups -OCH3 is 1. The van der Waals surface area contributed by atoms with Gasteiger partial charge in [-0.05, 0) is 31.0 Å². The predicted molar refractivity (Wildman–Crippen MR) is 80.5 cm³/mol. The lowest BCUT2D eigenvalue weighted by atomic mass is 10.2. The lowest BCUT2D eigenvalue weighted by molar-refractivity contribution is -0.116. The number of carbonyl (C=O) groups excluding carboxylic acids is 1. The first-order valence-electron chi connectivity index (χ1n) is 7.18. The molecule has 116 valence electrons. The van der Waals surface area contributed by atoms with E-state index in [9.17, 15) is 9.18 Å². The van der Waals surface area contributed by atoms with Crippen LogP contribution in [-0.2, 0) is 9.53 Å². The van der Waals surface area contributed by atoms with E-state index in [0.29, 0.717) is 31.3 Å². The van der Waals surface area contributed by atoms with Crippen molar-refractivity contribution in [2.24, 2.45) is 0 Å². The Morgan fingerprint density at radius 2 is 2.24 bits per heavy atom. The van der Waals surface area contributed by atoms with E-state index in [0.717, 1.165) is 6.54 Å². The van der Waals surface area contributed by atoms with E-state index in [1.807, 2.05) is 0 Å². The average molecular weight is 295 g/mol. The molecule has 6 heteroatoms. The van der Waals surface area contributed by atoms with E-state index in [4.69, 9.17) is 10.5 Å². The third kappa shape index (κ3) is 4.99. The van der Waals surface area contributed by atoms with Gasteiger partial charge in [0.25, 0.3) is 0 Å². The summed E-state index contributed by atoms with van der Waals surface area (Å²) >= 11 is 0. The van der Waals surface area contributed by atoms with E-state index in [1.54, 1.807) is 7.11 Å². The predicted octanol–water partition coefficient (Wildman–Crippen LogP) is 1.85. The van der Waals surface area contributed by atoms with Crippen LogP contribution in [0.3, 0.4) is 0 Å². The topological polar surface area (TPSA) is 67.6 Å². The molecule has 0 atom stereocenters. The minimum atomic E-state index is -0.479. The van der Waals surface area contributed by atoms with Crippen LogP contribution in [0, 0.1) is 5.82 Å². The molecule has 1 saturated carbocycles. The molecule has 1 aliphatic rings. The van der Waals surface area contributed by atoms with E-state index in [2.05, 4.69) is 10.2 Å². The highest BCUT2D eigenvalue weighted by atomic mass is 19.1. The Kier molecular flexibility index (Phi) is 5.52. The van der Waals surface area contributed by atoms with Crippen molar-refractivity contribution in [3.63, 3.8) is 0 Å². The number of nitrogens with two attached hydrogens (primary N) is 1. The summed E-state index contributed by atoms with van der Waals surface area (Å²) in [5.41, 5.74) is 6.03. The van der Waals surface area contributed by atoms with Crippen LogP contribution in [0.5, 0.6) is 0 Å². The first-order chi connectivity index (χ1) is 10.1. The number of carbonyl (C=O) groups is 1. The van der Waals surface area contributed by atoms with E-state index in [1.165, 1.54) is 31.0 Å². The third-order valence-electron chi connectivity index (χ3n) is 3.55. The van der Waals surface area contributed by atoms with Crippen molar-refractivity contribution in [3.05, 3.63) is 24.0 Å². The highest BCUT2D eigenvalue weighted by molar-refractivity contribution is 5.91. The summed E-state index contributed by atoms with van der Waals surface area (Å²) in [6.07, 6.45) is 2.79. The molecular weight excluding hydrogens is 273 g/mol. The van der Waals surface area contributed by atoms with Gasteiger partial charge in [0, 0.05) is 38.3 Å². The van der Waals surface area contributed by atoms with Crippen LogP contribution in [0.1, 0.15) is 19.3 Å². The van der Waals surface area contributed by atoms with E-state index in [-0.39, 0.29) is 11.6 Å². The summed E-state index contributed by atoms with van der Waals surface area (Å²) in [4.78, 5) is 14.2. The first kappa shape index (κ1) is 15.7. The summed E-state index contributed by atoms with van der Waals surface area (Å²) in [5, 5.41) is 2.74. The highest BCUT2D eigenvalue weighted by Gasteiger charge is 2.28. The largest absolute Gasteiger partial charge is 0.396 e. The number of amides is 1. The molecule has 3 N–H and O–H groups in total. The van der Waals surface area contributed by atoms with Gasteiger partial charge < -0.3 is 15.8 Å². The molecule has 0 unspecified atom stereocenters. The standard InChI is InChI=1S/C15H22FN3O2/c1-21-9-8-19(12-3-4-12)7-6-15(20)18-11-2-5-13(16)14(17)10-11/h2,5,10,12H,3-4,6-9,17H2,1H3,(H,18,20). The summed E-state index contributed by atoms with van der Waals surface area (Å²) in [6, 6.07) is 4.78. The fourth-order valence-electron chi connectivity index (χ4n) is 2.22. The van der Waals surface area contributed by atoms with Gasteiger partial charge in [0.15, 0.2) is 0 Å². The van der Waals surface area contributed by atoms with Gasteiger partial charge in [0.05, 0.1) is 12.3 Å². The number of nitrogen functional groups attached to an aromatic ring is 1. The monoisotopic (exact) mass is 295 g/mol. The second-order valence-electron chi connectivity index (χ2n) is 5.29. The van der Waals surface area contributed by atoms with Gasteiger partial charge in [-0.2, -0.15) is 0 Å². The Labute approximate surface area is 124 Å². The van der Waals surface area contributed by atoms with Crippen molar-refractivity contribution in [3.8, 4) is 0 Å². The summed E-state index contributed by atoms with van der Waals surface area (Å²) in [7, 11) is 1.68. The zero-order chi connectivity index (χ0) is 15.2. The van der Waals surface area contributed by atoms with Crippen LogP contribution in [0.4, 0.5) is 15.8 Å². The van der Waals surface area contributed by atoms with E-state index >= 15 is 0 Å². The van der Waals surface area contributed by atoms with Gasteiger partial charge >= 0.3 is 0 Å². The third-order valence-corrected chi connectivity index (χ3v) is 3.55. The zero-order valence-corrected chi connectivity index (χ0v) is 12.3. The fraction of sp³-hybridized carbons (Fsp3) is 0.533. The number of benzene rings is 1. The molecule has 1 aromatic carbocycles. The van der Waals surface area contributed by atoms with Crippen LogP contribution >= 0.6 is 0 Å². The number of anilines is 2. The Morgan fingerprint density at radius 3 is 2.86 bits per heavy atom. The van der Waals surface area contributed by atoms with Gasteiger partial charge in [0.1, 0.15) is 5.82 Å². The molecule has 1 amide bonds. The molecule has 1 aliphatic carbocycles. The van der Waals surface area contributed by atoms with Crippen LogP contribution in [0.15, 0.2) is 18.2 Å². The molecule has 0 aliphatic heterocycles. The molecule has 2 rings (SSSR count). The molecule has 1 aromatic rings. The van der Waals surface area contributed by atoms with Gasteiger partial charge in [0.2, 0.25) is 5.91 Å². The lowest BCUT2D eigenvalue weighted by Crippen LogP contribution is -2.32. The second kappa shape index (κ2) is 7.38. The number of hydrogen-bond acceptors (Lipinski definition) is 4. The summed E-state index contributed by atoms with van der Waals surface area (Å²) < 4.78 is 18.1. The van der Waals surface area contributed by atoms with Gasteiger partial charge in [-0.3, -0.25) is 9.69 Å². The smallest absolute Gasteiger partial charge is 0.225 e. The van der Waals surface area contributed by atoms with Gasteiger partial charge in [-0.25, -0.2) is 4.39 Å². The number of nitrogens with zero attached hydrogens (tertiary/aromatic N) is 1. The molecule has 21 heavy (non-hydrogen) atoms. The highest BCUT2D eigenvalue weighted by Crippen LogP contribution is 2.26. The minimum Gasteiger partial charge on any atom is -0.396 e. The first-order valence-corrected chi connectivity index (χ1v) is 7.18. The number of nitrogens with one attached hydrogen (secondary N) is 1. The Morgan fingerprint density at radius 1 is 1.48 bits per heavy atom. The van der Waals surface area contributed by atoms with Gasteiger partial charge in [-0.15, -0.1) is 0 Å². The molecular formula is C15H22FN3O2. The average Bonchev–Trinajstić information content (AvgIpc) is 3.27. The van der Waals surface area contributed by atoms with Crippen LogP contribution in [0.2, 0.25) is 0 Å². The molecule has 0 radical (unpaired) electrons. The number of rotatable bonds is 8. The maximum Gasteiger partial charge on any atom is 0.225 e.